The van der Waals surface area contributed by atoms with Crippen LogP contribution in [0.5, 0.6) is 0 Å². The van der Waals surface area contributed by atoms with Gasteiger partial charge in [0.15, 0.2) is 0 Å². The van der Waals surface area contributed by atoms with E-state index in [1.165, 1.54) is 16.7 Å². The maximum Gasteiger partial charge on any atom is 0.0643 e. The lowest BCUT2D eigenvalue weighted by atomic mass is 9.93. The van der Waals surface area contributed by atoms with Gasteiger partial charge in [0.05, 0.1) is 5.69 Å². The SMILES string of the molecule is CCC(C)n1ccc(CC(NC)c2c(C)cccc2C)n1. The van der Waals surface area contributed by atoms with Crippen LogP contribution in [0.2, 0.25) is 0 Å². The van der Waals surface area contributed by atoms with Gasteiger partial charge in [-0.1, -0.05) is 25.1 Å². The summed E-state index contributed by atoms with van der Waals surface area (Å²) in [4.78, 5) is 0. The summed E-state index contributed by atoms with van der Waals surface area (Å²) in [6.45, 7) is 8.77. The van der Waals surface area contributed by atoms with Gasteiger partial charge in [0.25, 0.3) is 0 Å². The second-order valence-electron chi connectivity index (χ2n) is 5.90. The minimum absolute atomic E-state index is 0.312. The zero-order chi connectivity index (χ0) is 15.4. The Morgan fingerprint density at radius 2 is 1.86 bits per heavy atom. The van der Waals surface area contributed by atoms with Crippen LogP contribution in [0.3, 0.4) is 0 Å². The minimum atomic E-state index is 0.312. The summed E-state index contributed by atoms with van der Waals surface area (Å²) in [6, 6.07) is 9.41. The first-order chi connectivity index (χ1) is 10.1. The summed E-state index contributed by atoms with van der Waals surface area (Å²) in [6.07, 6.45) is 4.13. The Labute approximate surface area is 128 Å². The summed E-state index contributed by atoms with van der Waals surface area (Å²) in [5.74, 6) is 0. The van der Waals surface area contributed by atoms with E-state index in [9.17, 15) is 0 Å². The molecule has 2 atom stereocenters. The molecule has 3 nitrogen and oxygen atoms in total. The first kappa shape index (κ1) is 15.8. The molecule has 3 heteroatoms. The van der Waals surface area contributed by atoms with Crippen LogP contribution in [-0.2, 0) is 6.42 Å². The monoisotopic (exact) mass is 285 g/mol. The largest absolute Gasteiger partial charge is 0.313 e. The molecule has 0 saturated carbocycles. The standard InChI is InChI=1S/C18H27N3/c1-6-15(4)21-11-10-16(20-21)12-17(19-5)18-13(2)8-7-9-14(18)3/h7-11,15,17,19H,6,12H2,1-5H3. The highest BCUT2D eigenvalue weighted by molar-refractivity contribution is 5.36. The van der Waals surface area contributed by atoms with Crippen LogP contribution < -0.4 is 5.32 Å². The summed E-state index contributed by atoms with van der Waals surface area (Å²) in [5.41, 5.74) is 5.24. The third-order valence-corrected chi connectivity index (χ3v) is 4.36. The van der Waals surface area contributed by atoms with Gasteiger partial charge < -0.3 is 5.32 Å². The van der Waals surface area contributed by atoms with Crippen molar-refractivity contribution < 1.29 is 0 Å². The van der Waals surface area contributed by atoms with Gasteiger partial charge in [0.1, 0.15) is 0 Å². The van der Waals surface area contributed by atoms with Gasteiger partial charge in [-0.05, 0) is 57.0 Å². The number of hydrogen-bond donors (Lipinski definition) is 1. The number of benzene rings is 1. The van der Waals surface area contributed by atoms with E-state index in [0.717, 1.165) is 18.5 Å². The molecule has 2 aromatic rings. The predicted molar refractivity (Wildman–Crippen MR) is 88.6 cm³/mol. The fourth-order valence-corrected chi connectivity index (χ4v) is 2.85. The van der Waals surface area contributed by atoms with E-state index in [2.05, 4.69) is 68.2 Å². The molecule has 2 unspecified atom stereocenters. The smallest absolute Gasteiger partial charge is 0.0643 e. The average molecular weight is 285 g/mol. The molecule has 1 aromatic carbocycles. The average Bonchev–Trinajstić information content (AvgIpc) is 2.93. The molecule has 0 amide bonds. The minimum Gasteiger partial charge on any atom is -0.313 e. The van der Waals surface area contributed by atoms with Gasteiger partial charge in [-0.2, -0.15) is 5.10 Å². The van der Waals surface area contributed by atoms with Crippen LogP contribution >= 0.6 is 0 Å². The maximum atomic E-state index is 4.73. The second kappa shape index (κ2) is 6.90. The Morgan fingerprint density at radius 3 is 2.43 bits per heavy atom. The van der Waals surface area contributed by atoms with Gasteiger partial charge in [0, 0.05) is 24.7 Å². The zero-order valence-electron chi connectivity index (χ0n) is 13.9. The topological polar surface area (TPSA) is 29.9 Å². The molecule has 21 heavy (non-hydrogen) atoms. The highest BCUT2D eigenvalue weighted by Crippen LogP contribution is 2.24. The molecule has 1 heterocycles. The van der Waals surface area contributed by atoms with Gasteiger partial charge in [-0.25, -0.2) is 0 Å². The number of rotatable bonds is 6. The molecule has 0 spiro atoms. The summed E-state index contributed by atoms with van der Waals surface area (Å²) >= 11 is 0. The Bertz CT molecular complexity index is 566. The maximum absolute atomic E-state index is 4.73. The highest BCUT2D eigenvalue weighted by atomic mass is 15.3. The van der Waals surface area contributed by atoms with Crippen molar-refractivity contribution in [2.24, 2.45) is 0 Å². The molecule has 0 aliphatic carbocycles. The Balaban J connectivity index is 2.21. The molecular formula is C18H27N3. The molecule has 2 rings (SSSR count). The van der Waals surface area contributed by atoms with Crippen molar-refractivity contribution in [1.82, 2.24) is 15.1 Å². The van der Waals surface area contributed by atoms with E-state index in [0.29, 0.717) is 12.1 Å². The van der Waals surface area contributed by atoms with E-state index < -0.39 is 0 Å². The normalized spacial score (nSPS) is 14.1. The molecule has 1 N–H and O–H groups in total. The number of aromatic nitrogens is 2. The Kier molecular flexibility index (Phi) is 5.18. The van der Waals surface area contributed by atoms with E-state index >= 15 is 0 Å². The van der Waals surface area contributed by atoms with E-state index in [1.807, 2.05) is 7.05 Å². The molecule has 0 radical (unpaired) electrons. The zero-order valence-corrected chi connectivity index (χ0v) is 13.9. The number of likely N-dealkylation sites (N-methyl/N-ethyl adjacent to an activating group) is 1. The molecule has 114 valence electrons. The molecule has 0 aliphatic rings. The first-order valence-electron chi connectivity index (χ1n) is 7.84. The van der Waals surface area contributed by atoms with E-state index in [1.54, 1.807) is 0 Å². The fraction of sp³-hybridized carbons (Fsp3) is 0.500. The van der Waals surface area contributed by atoms with Gasteiger partial charge in [-0.15, -0.1) is 0 Å². The molecule has 1 aromatic heterocycles. The molecular weight excluding hydrogens is 258 g/mol. The molecule has 0 bridgehead atoms. The lowest BCUT2D eigenvalue weighted by Gasteiger charge is -2.20. The molecule has 0 aliphatic heterocycles. The van der Waals surface area contributed by atoms with Crippen molar-refractivity contribution in [2.45, 2.75) is 52.6 Å². The van der Waals surface area contributed by atoms with Crippen molar-refractivity contribution in [3.63, 3.8) is 0 Å². The second-order valence-corrected chi connectivity index (χ2v) is 5.90. The van der Waals surface area contributed by atoms with Gasteiger partial charge >= 0.3 is 0 Å². The van der Waals surface area contributed by atoms with Crippen LogP contribution in [0.25, 0.3) is 0 Å². The van der Waals surface area contributed by atoms with Crippen LogP contribution in [0.4, 0.5) is 0 Å². The van der Waals surface area contributed by atoms with Gasteiger partial charge in [-0.3, -0.25) is 4.68 Å². The number of hydrogen-bond acceptors (Lipinski definition) is 2. The first-order valence-corrected chi connectivity index (χ1v) is 7.84. The van der Waals surface area contributed by atoms with E-state index in [4.69, 9.17) is 5.10 Å². The van der Waals surface area contributed by atoms with Crippen molar-refractivity contribution in [3.05, 3.63) is 52.8 Å². The third kappa shape index (κ3) is 3.53. The molecule has 0 saturated heterocycles. The van der Waals surface area contributed by atoms with Crippen molar-refractivity contribution in [1.29, 1.82) is 0 Å². The summed E-state index contributed by atoms with van der Waals surface area (Å²) in [5, 5.41) is 8.18. The quantitative estimate of drug-likeness (QED) is 0.870. The van der Waals surface area contributed by atoms with Crippen molar-refractivity contribution in [3.8, 4) is 0 Å². The van der Waals surface area contributed by atoms with Crippen LogP contribution in [0.1, 0.15) is 54.7 Å². The lowest BCUT2D eigenvalue weighted by Crippen LogP contribution is -2.21. The number of nitrogens with zero attached hydrogens (tertiary/aromatic N) is 2. The Morgan fingerprint density at radius 1 is 1.19 bits per heavy atom. The van der Waals surface area contributed by atoms with Crippen LogP contribution in [-0.4, -0.2) is 16.8 Å². The lowest BCUT2D eigenvalue weighted by molar-refractivity contribution is 0.469. The third-order valence-electron chi connectivity index (χ3n) is 4.36. The van der Waals surface area contributed by atoms with E-state index in [-0.39, 0.29) is 0 Å². The fourth-order valence-electron chi connectivity index (χ4n) is 2.85. The Hall–Kier alpha value is -1.61. The van der Waals surface area contributed by atoms with Crippen LogP contribution in [0.15, 0.2) is 30.5 Å². The molecule has 0 fully saturated rings. The highest BCUT2D eigenvalue weighted by Gasteiger charge is 2.16. The van der Waals surface area contributed by atoms with Crippen molar-refractivity contribution >= 4 is 0 Å². The predicted octanol–water partition coefficient (Wildman–Crippen LogP) is 3.97. The summed E-state index contributed by atoms with van der Waals surface area (Å²) in [7, 11) is 2.03. The number of aryl methyl sites for hydroxylation is 2. The summed E-state index contributed by atoms with van der Waals surface area (Å²) < 4.78 is 2.08. The van der Waals surface area contributed by atoms with Gasteiger partial charge in [0.2, 0.25) is 0 Å². The van der Waals surface area contributed by atoms with Crippen molar-refractivity contribution in [2.75, 3.05) is 7.05 Å². The number of nitrogens with one attached hydrogen (secondary N) is 1. The van der Waals surface area contributed by atoms with Crippen LogP contribution in [0, 0.1) is 13.8 Å².